The topological polar surface area (TPSA) is 95.2 Å². The standard InChI is InChI=1S/C12H14N4O2/c13-10-3-1-2-4-11(10)16(5-6-17)12(18)9-7-14-15-8-9/h1-4,7-8,17H,5-6,13H2,(H,14,15). The molecule has 6 nitrogen and oxygen atoms in total. The van der Waals surface area contributed by atoms with Gasteiger partial charge in [0.05, 0.1) is 29.7 Å². The van der Waals surface area contributed by atoms with Crippen LogP contribution in [0.2, 0.25) is 0 Å². The molecule has 0 fully saturated rings. The number of aromatic amines is 1. The first kappa shape index (κ1) is 12.1. The Morgan fingerprint density at radius 3 is 2.83 bits per heavy atom. The quantitative estimate of drug-likeness (QED) is 0.689. The predicted molar refractivity (Wildman–Crippen MR) is 68.2 cm³/mol. The molecule has 0 saturated heterocycles. The summed E-state index contributed by atoms with van der Waals surface area (Å²) in [6.45, 7) is 0.0378. The van der Waals surface area contributed by atoms with E-state index in [0.717, 1.165) is 0 Å². The molecule has 0 saturated carbocycles. The van der Waals surface area contributed by atoms with Gasteiger partial charge in [-0.25, -0.2) is 0 Å². The van der Waals surface area contributed by atoms with E-state index in [2.05, 4.69) is 10.2 Å². The van der Waals surface area contributed by atoms with Crippen LogP contribution in [0.3, 0.4) is 0 Å². The zero-order valence-electron chi connectivity index (χ0n) is 9.71. The van der Waals surface area contributed by atoms with Gasteiger partial charge in [0.1, 0.15) is 0 Å². The van der Waals surface area contributed by atoms with Gasteiger partial charge in [0, 0.05) is 12.7 Å². The summed E-state index contributed by atoms with van der Waals surface area (Å²) >= 11 is 0. The number of amides is 1. The lowest BCUT2D eigenvalue weighted by Gasteiger charge is -2.22. The average Bonchev–Trinajstić information content (AvgIpc) is 2.90. The molecule has 2 aromatic rings. The first-order chi connectivity index (χ1) is 8.74. The van der Waals surface area contributed by atoms with Gasteiger partial charge in [-0.1, -0.05) is 12.1 Å². The summed E-state index contributed by atoms with van der Waals surface area (Å²) in [5.74, 6) is -0.254. The highest BCUT2D eigenvalue weighted by Gasteiger charge is 2.19. The molecule has 18 heavy (non-hydrogen) atoms. The highest BCUT2D eigenvalue weighted by molar-refractivity contribution is 6.07. The Morgan fingerprint density at radius 1 is 1.44 bits per heavy atom. The van der Waals surface area contributed by atoms with Crippen LogP contribution in [0.15, 0.2) is 36.7 Å². The van der Waals surface area contributed by atoms with Crippen molar-refractivity contribution in [1.82, 2.24) is 10.2 Å². The summed E-state index contributed by atoms with van der Waals surface area (Å²) < 4.78 is 0. The van der Waals surface area contributed by atoms with Gasteiger partial charge in [-0.2, -0.15) is 5.10 Å². The summed E-state index contributed by atoms with van der Waals surface area (Å²) in [7, 11) is 0. The van der Waals surface area contributed by atoms with Crippen molar-refractivity contribution in [2.45, 2.75) is 0 Å². The van der Waals surface area contributed by atoms with Gasteiger partial charge >= 0.3 is 0 Å². The summed E-state index contributed by atoms with van der Waals surface area (Å²) in [4.78, 5) is 13.7. The van der Waals surface area contributed by atoms with Crippen molar-refractivity contribution < 1.29 is 9.90 Å². The third kappa shape index (κ3) is 2.33. The molecule has 0 spiro atoms. The first-order valence-electron chi connectivity index (χ1n) is 5.50. The fourth-order valence-corrected chi connectivity index (χ4v) is 1.69. The van der Waals surface area contributed by atoms with Gasteiger partial charge in [-0.15, -0.1) is 0 Å². The second kappa shape index (κ2) is 5.33. The number of nitrogen functional groups attached to an aromatic ring is 1. The van der Waals surface area contributed by atoms with Gasteiger partial charge in [0.15, 0.2) is 0 Å². The van der Waals surface area contributed by atoms with Crippen molar-refractivity contribution in [2.75, 3.05) is 23.8 Å². The van der Waals surface area contributed by atoms with Crippen LogP contribution in [0, 0.1) is 0 Å². The van der Waals surface area contributed by atoms with Crippen LogP contribution in [0.1, 0.15) is 10.4 Å². The maximum atomic E-state index is 12.2. The zero-order chi connectivity index (χ0) is 13.0. The van der Waals surface area contributed by atoms with E-state index in [4.69, 9.17) is 10.8 Å². The summed E-state index contributed by atoms with van der Waals surface area (Å²) in [6.07, 6.45) is 2.94. The van der Waals surface area contributed by atoms with Crippen molar-refractivity contribution in [3.05, 3.63) is 42.2 Å². The number of rotatable bonds is 4. The number of nitrogens with one attached hydrogen (secondary N) is 1. The van der Waals surface area contributed by atoms with Crippen LogP contribution in [0.4, 0.5) is 11.4 Å². The van der Waals surface area contributed by atoms with E-state index in [0.29, 0.717) is 16.9 Å². The molecule has 0 aliphatic rings. The molecule has 0 aliphatic carbocycles. The van der Waals surface area contributed by atoms with E-state index in [1.807, 2.05) is 0 Å². The monoisotopic (exact) mass is 246 g/mol. The van der Waals surface area contributed by atoms with Gasteiger partial charge < -0.3 is 15.7 Å². The predicted octanol–water partition coefficient (Wildman–Crippen LogP) is 0.631. The molecule has 1 amide bonds. The minimum absolute atomic E-state index is 0.141. The molecule has 0 atom stereocenters. The van der Waals surface area contributed by atoms with E-state index in [-0.39, 0.29) is 19.1 Å². The number of H-pyrrole nitrogens is 1. The largest absolute Gasteiger partial charge is 0.397 e. The highest BCUT2D eigenvalue weighted by atomic mass is 16.3. The Kier molecular flexibility index (Phi) is 3.59. The molecule has 1 aromatic carbocycles. The summed E-state index contributed by atoms with van der Waals surface area (Å²) in [5.41, 5.74) is 7.34. The number of aliphatic hydroxyl groups is 1. The first-order valence-corrected chi connectivity index (χ1v) is 5.50. The number of aromatic nitrogens is 2. The van der Waals surface area contributed by atoms with Gasteiger partial charge in [-0.05, 0) is 12.1 Å². The number of aliphatic hydroxyl groups excluding tert-OH is 1. The number of para-hydroxylation sites is 2. The van der Waals surface area contributed by atoms with Crippen LogP contribution < -0.4 is 10.6 Å². The number of carbonyl (C=O) groups is 1. The van der Waals surface area contributed by atoms with Gasteiger partial charge in [-0.3, -0.25) is 9.89 Å². The van der Waals surface area contributed by atoms with E-state index < -0.39 is 0 Å². The highest BCUT2D eigenvalue weighted by Crippen LogP contribution is 2.23. The minimum Gasteiger partial charge on any atom is -0.397 e. The molecular weight excluding hydrogens is 232 g/mol. The van der Waals surface area contributed by atoms with Crippen molar-refractivity contribution in [3.63, 3.8) is 0 Å². The molecule has 2 rings (SSSR count). The van der Waals surface area contributed by atoms with Crippen LogP contribution in [0.5, 0.6) is 0 Å². The number of hydrogen-bond donors (Lipinski definition) is 3. The van der Waals surface area contributed by atoms with Crippen LogP contribution in [-0.2, 0) is 0 Å². The Hall–Kier alpha value is -2.34. The number of nitrogens with two attached hydrogens (primary N) is 1. The average molecular weight is 246 g/mol. The lowest BCUT2D eigenvalue weighted by atomic mass is 10.2. The third-order valence-electron chi connectivity index (χ3n) is 2.54. The second-order valence-corrected chi connectivity index (χ2v) is 3.73. The SMILES string of the molecule is Nc1ccccc1N(CCO)C(=O)c1cn[nH]c1. The van der Waals surface area contributed by atoms with Crippen molar-refractivity contribution >= 4 is 17.3 Å². The second-order valence-electron chi connectivity index (χ2n) is 3.73. The molecule has 1 heterocycles. The smallest absolute Gasteiger partial charge is 0.261 e. The van der Waals surface area contributed by atoms with Gasteiger partial charge in [0.2, 0.25) is 0 Å². The number of anilines is 2. The van der Waals surface area contributed by atoms with E-state index in [1.54, 1.807) is 24.3 Å². The lowest BCUT2D eigenvalue weighted by molar-refractivity contribution is 0.0981. The number of carbonyl (C=O) groups excluding carboxylic acids is 1. The number of benzene rings is 1. The molecule has 94 valence electrons. The molecule has 0 bridgehead atoms. The number of nitrogens with zero attached hydrogens (tertiary/aromatic N) is 2. The van der Waals surface area contributed by atoms with Gasteiger partial charge in [0.25, 0.3) is 5.91 Å². The zero-order valence-corrected chi connectivity index (χ0v) is 9.71. The molecule has 0 unspecified atom stereocenters. The van der Waals surface area contributed by atoms with E-state index in [9.17, 15) is 4.79 Å². The fourth-order valence-electron chi connectivity index (χ4n) is 1.69. The number of hydrogen-bond acceptors (Lipinski definition) is 4. The molecule has 4 N–H and O–H groups in total. The molecule has 6 heteroatoms. The van der Waals surface area contributed by atoms with Crippen LogP contribution >= 0.6 is 0 Å². The Labute approximate surface area is 104 Å². The van der Waals surface area contributed by atoms with Crippen molar-refractivity contribution in [3.8, 4) is 0 Å². The summed E-state index contributed by atoms with van der Waals surface area (Å²) in [6, 6.07) is 7.03. The Morgan fingerprint density at radius 2 is 2.22 bits per heavy atom. The summed E-state index contributed by atoms with van der Waals surface area (Å²) in [5, 5.41) is 15.4. The Bertz CT molecular complexity index is 525. The lowest BCUT2D eigenvalue weighted by Crippen LogP contribution is -2.33. The van der Waals surface area contributed by atoms with Crippen molar-refractivity contribution in [2.24, 2.45) is 0 Å². The molecule has 0 aliphatic heterocycles. The fraction of sp³-hybridized carbons (Fsp3) is 0.167. The maximum Gasteiger partial charge on any atom is 0.261 e. The van der Waals surface area contributed by atoms with Crippen molar-refractivity contribution in [1.29, 1.82) is 0 Å². The molecule has 0 radical (unpaired) electrons. The molecule has 1 aromatic heterocycles. The van der Waals surface area contributed by atoms with E-state index in [1.165, 1.54) is 17.3 Å². The normalized spacial score (nSPS) is 10.3. The third-order valence-corrected chi connectivity index (χ3v) is 2.54. The molecular formula is C12H14N4O2. The van der Waals surface area contributed by atoms with Crippen LogP contribution in [0.25, 0.3) is 0 Å². The maximum absolute atomic E-state index is 12.2. The van der Waals surface area contributed by atoms with Crippen LogP contribution in [-0.4, -0.2) is 34.4 Å². The van der Waals surface area contributed by atoms with E-state index >= 15 is 0 Å². The minimum atomic E-state index is -0.254. The Balaban J connectivity index is 2.34.